The molecule has 1 amide bonds. The maximum absolute atomic E-state index is 13.0. The molecule has 2 aromatic rings. The van der Waals surface area contributed by atoms with Crippen LogP contribution in [0, 0.1) is 0 Å². The molecule has 0 saturated carbocycles. The Morgan fingerprint density at radius 1 is 1.20 bits per heavy atom. The zero-order valence-electron chi connectivity index (χ0n) is 17.7. The van der Waals surface area contributed by atoms with Gasteiger partial charge in [0.1, 0.15) is 5.75 Å². The Kier molecular flexibility index (Phi) is 6.99. The minimum Gasteiger partial charge on any atom is -0.494 e. The highest BCUT2D eigenvalue weighted by atomic mass is 32.2. The second kappa shape index (κ2) is 9.49. The monoisotopic (exact) mass is 431 g/mol. The lowest BCUT2D eigenvalue weighted by Crippen LogP contribution is -2.47. The number of rotatable bonds is 7. The lowest BCUT2D eigenvalue weighted by molar-refractivity contribution is 0.0635. The molecule has 0 aromatic heterocycles. The smallest absolute Gasteiger partial charge is 0.261 e. The third-order valence-corrected chi connectivity index (χ3v) is 6.60. The Hall–Kier alpha value is -2.58. The Bertz CT molecular complexity index is 974. The van der Waals surface area contributed by atoms with E-state index < -0.39 is 10.0 Å². The minimum atomic E-state index is -3.82. The van der Waals surface area contributed by atoms with E-state index in [2.05, 4.69) is 9.62 Å². The van der Waals surface area contributed by atoms with Gasteiger partial charge in [0.05, 0.1) is 11.5 Å². The van der Waals surface area contributed by atoms with Crippen LogP contribution in [0.5, 0.6) is 5.75 Å². The van der Waals surface area contributed by atoms with Crippen LogP contribution in [0.25, 0.3) is 0 Å². The lowest BCUT2D eigenvalue weighted by atomic mass is 10.0. The Balaban J connectivity index is 1.75. The molecule has 0 radical (unpaired) electrons. The number of benzene rings is 2. The summed E-state index contributed by atoms with van der Waals surface area (Å²) in [7, 11) is 0.205. The predicted octanol–water partition coefficient (Wildman–Crippen LogP) is 3.05. The summed E-state index contributed by atoms with van der Waals surface area (Å²) in [5.74, 6) is 0.533. The lowest BCUT2D eigenvalue weighted by Gasteiger charge is -2.36. The first-order chi connectivity index (χ1) is 14.3. The van der Waals surface area contributed by atoms with Crippen molar-refractivity contribution in [1.82, 2.24) is 9.80 Å². The van der Waals surface area contributed by atoms with E-state index in [0.29, 0.717) is 42.7 Å². The van der Waals surface area contributed by atoms with Gasteiger partial charge in [-0.2, -0.15) is 0 Å². The van der Waals surface area contributed by atoms with Crippen LogP contribution in [-0.2, 0) is 10.0 Å². The first-order valence-electron chi connectivity index (χ1n) is 10.1. The number of carbonyl (C=O) groups excluding carboxylic acids is 1. The Morgan fingerprint density at radius 3 is 2.60 bits per heavy atom. The zero-order valence-corrected chi connectivity index (χ0v) is 18.5. The number of anilines is 1. The summed E-state index contributed by atoms with van der Waals surface area (Å²) in [4.78, 5) is 17.0. The highest BCUT2D eigenvalue weighted by Crippen LogP contribution is 2.22. The van der Waals surface area contributed by atoms with E-state index in [-0.39, 0.29) is 10.8 Å². The largest absolute Gasteiger partial charge is 0.494 e. The average molecular weight is 432 g/mol. The standard InChI is InChI=1S/C22H29N3O4S/c1-4-29-20-12-10-18(11-13-20)23-30(27,28)21-9-5-7-17(15-21)22(26)25-14-6-8-19(16-25)24(2)3/h5,7,9-13,15,19,23H,4,6,8,14,16H2,1-3H3. The van der Waals surface area contributed by atoms with Gasteiger partial charge in [-0.3, -0.25) is 9.52 Å². The zero-order chi connectivity index (χ0) is 21.7. The van der Waals surface area contributed by atoms with Crippen LogP contribution in [-0.4, -0.2) is 64.0 Å². The van der Waals surface area contributed by atoms with Crippen molar-refractivity contribution in [3.05, 3.63) is 54.1 Å². The Labute approximate surface area is 178 Å². The van der Waals surface area contributed by atoms with Crippen LogP contribution in [0.3, 0.4) is 0 Å². The van der Waals surface area contributed by atoms with Crippen LogP contribution in [0.4, 0.5) is 5.69 Å². The van der Waals surface area contributed by atoms with Gasteiger partial charge >= 0.3 is 0 Å². The van der Waals surface area contributed by atoms with E-state index in [1.54, 1.807) is 41.3 Å². The molecule has 30 heavy (non-hydrogen) atoms. The van der Waals surface area contributed by atoms with Gasteiger partial charge in [-0.1, -0.05) is 6.07 Å². The van der Waals surface area contributed by atoms with Crippen molar-refractivity contribution in [2.24, 2.45) is 0 Å². The van der Waals surface area contributed by atoms with Gasteiger partial charge in [0.25, 0.3) is 15.9 Å². The third-order valence-electron chi connectivity index (χ3n) is 5.22. The fourth-order valence-electron chi connectivity index (χ4n) is 3.54. The van der Waals surface area contributed by atoms with E-state index in [9.17, 15) is 13.2 Å². The van der Waals surface area contributed by atoms with Crippen LogP contribution < -0.4 is 9.46 Å². The topological polar surface area (TPSA) is 78.9 Å². The van der Waals surface area contributed by atoms with Crippen molar-refractivity contribution < 1.29 is 17.9 Å². The molecule has 0 spiro atoms. The maximum Gasteiger partial charge on any atom is 0.261 e. The molecular weight excluding hydrogens is 402 g/mol. The number of likely N-dealkylation sites (N-methyl/N-ethyl adjacent to an activating group) is 1. The second-order valence-electron chi connectivity index (χ2n) is 7.60. The number of likely N-dealkylation sites (tertiary alicyclic amines) is 1. The summed E-state index contributed by atoms with van der Waals surface area (Å²) in [6, 6.07) is 13.2. The van der Waals surface area contributed by atoms with Crippen molar-refractivity contribution in [3.8, 4) is 5.75 Å². The Morgan fingerprint density at radius 2 is 1.93 bits per heavy atom. The van der Waals surface area contributed by atoms with Gasteiger partial charge in [-0.15, -0.1) is 0 Å². The number of nitrogens with one attached hydrogen (secondary N) is 1. The van der Waals surface area contributed by atoms with Gasteiger partial charge in [0, 0.05) is 30.4 Å². The van der Waals surface area contributed by atoms with Crippen LogP contribution in [0.1, 0.15) is 30.1 Å². The van der Waals surface area contributed by atoms with E-state index >= 15 is 0 Å². The van der Waals surface area contributed by atoms with E-state index in [1.165, 1.54) is 12.1 Å². The quantitative estimate of drug-likeness (QED) is 0.729. The van der Waals surface area contributed by atoms with Gasteiger partial charge in [0.15, 0.2) is 0 Å². The van der Waals surface area contributed by atoms with E-state index in [4.69, 9.17) is 4.74 Å². The van der Waals surface area contributed by atoms with Crippen molar-refractivity contribution in [2.45, 2.75) is 30.7 Å². The number of amides is 1. The summed E-state index contributed by atoms with van der Waals surface area (Å²) in [6.45, 7) is 3.76. The molecule has 3 rings (SSSR count). The molecule has 0 bridgehead atoms. The van der Waals surface area contributed by atoms with Crippen molar-refractivity contribution in [3.63, 3.8) is 0 Å². The molecule has 1 aliphatic rings. The highest BCUT2D eigenvalue weighted by Gasteiger charge is 2.26. The summed E-state index contributed by atoms with van der Waals surface area (Å²) in [6.07, 6.45) is 1.99. The van der Waals surface area contributed by atoms with Gasteiger partial charge in [-0.25, -0.2) is 8.42 Å². The summed E-state index contributed by atoms with van der Waals surface area (Å²) >= 11 is 0. The summed E-state index contributed by atoms with van der Waals surface area (Å²) in [5, 5.41) is 0. The molecule has 7 nitrogen and oxygen atoms in total. The molecule has 1 fully saturated rings. The van der Waals surface area contributed by atoms with Crippen molar-refractivity contribution in [1.29, 1.82) is 0 Å². The van der Waals surface area contributed by atoms with E-state index in [0.717, 1.165) is 12.8 Å². The number of hydrogen-bond donors (Lipinski definition) is 1. The molecule has 1 atom stereocenters. The molecule has 8 heteroatoms. The van der Waals surface area contributed by atoms with Crippen LogP contribution >= 0.6 is 0 Å². The number of hydrogen-bond acceptors (Lipinski definition) is 5. The molecule has 0 aliphatic carbocycles. The number of ether oxygens (including phenoxy) is 1. The molecular formula is C22H29N3O4S. The van der Waals surface area contributed by atoms with Crippen molar-refractivity contribution >= 4 is 21.6 Å². The molecule has 162 valence electrons. The van der Waals surface area contributed by atoms with Gasteiger partial charge < -0.3 is 14.5 Å². The minimum absolute atomic E-state index is 0.0587. The number of carbonyl (C=O) groups is 1. The van der Waals surface area contributed by atoms with Crippen LogP contribution in [0.15, 0.2) is 53.4 Å². The molecule has 2 aromatic carbocycles. The first kappa shape index (κ1) is 22.1. The number of nitrogens with zero attached hydrogens (tertiary/aromatic N) is 2. The second-order valence-corrected chi connectivity index (χ2v) is 9.28. The molecule has 1 heterocycles. The summed E-state index contributed by atoms with van der Waals surface area (Å²) in [5.41, 5.74) is 0.809. The van der Waals surface area contributed by atoms with Gasteiger partial charge in [0.2, 0.25) is 0 Å². The van der Waals surface area contributed by atoms with E-state index in [1.807, 2.05) is 21.0 Å². The van der Waals surface area contributed by atoms with Crippen molar-refractivity contribution in [2.75, 3.05) is 38.5 Å². The molecule has 1 aliphatic heterocycles. The fraction of sp³-hybridized carbons (Fsp3) is 0.409. The number of sulfonamides is 1. The highest BCUT2D eigenvalue weighted by molar-refractivity contribution is 7.92. The third kappa shape index (κ3) is 5.31. The first-order valence-corrected chi connectivity index (χ1v) is 11.6. The maximum atomic E-state index is 13.0. The van der Waals surface area contributed by atoms with Gasteiger partial charge in [-0.05, 0) is 76.3 Å². The predicted molar refractivity (Wildman–Crippen MR) is 117 cm³/mol. The molecule has 1 N–H and O–H groups in total. The molecule has 1 unspecified atom stereocenters. The SMILES string of the molecule is CCOc1ccc(NS(=O)(=O)c2cccc(C(=O)N3CCCC(N(C)C)C3)c2)cc1. The normalized spacial score (nSPS) is 17.1. The average Bonchev–Trinajstić information content (AvgIpc) is 2.75. The van der Waals surface area contributed by atoms with Crippen LogP contribution in [0.2, 0.25) is 0 Å². The molecule has 1 saturated heterocycles. The summed E-state index contributed by atoms with van der Waals surface area (Å²) < 4.78 is 33.6. The number of piperidine rings is 1. The fourth-order valence-corrected chi connectivity index (χ4v) is 4.64.